The lowest BCUT2D eigenvalue weighted by Gasteiger charge is -2.09. The Bertz CT molecular complexity index is 1050. The van der Waals surface area contributed by atoms with Gasteiger partial charge in [-0.25, -0.2) is 4.68 Å². The molecule has 4 rings (SSSR count). The van der Waals surface area contributed by atoms with Crippen molar-refractivity contribution < 1.29 is 4.79 Å². The molecule has 4 heteroatoms. The largest absolute Gasteiger partial charge is 0.306 e. The summed E-state index contributed by atoms with van der Waals surface area (Å²) in [5.74, 6) is 0.488. The fraction of sp³-hybridized carbons (Fsp3) is 0.0435. The molecule has 0 saturated carbocycles. The lowest BCUT2D eigenvalue weighted by atomic mass is 10.0. The van der Waals surface area contributed by atoms with Crippen LogP contribution in [0.2, 0.25) is 0 Å². The van der Waals surface area contributed by atoms with Gasteiger partial charge in [-0.2, -0.15) is 5.10 Å². The minimum Gasteiger partial charge on any atom is -0.306 e. The number of aryl methyl sites for hydroxylation is 1. The van der Waals surface area contributed by atoms with Crippen LogP contribution in [-0.4, -0.2) is 15.7 Å². The smallest absolute Gasteiger partial charge is 0.256 e. The van der Waals surface area contributed by atoms with E-state index in [1.54, 1.807) is 4.68 Å². The highest BCUT2D eigenvalue weighted by Gasteiger charge is 2.12. The van der Waals surface area contributed by atoms with E-state index < -0.39 is 0 Å². The molecule has 1 aromatic heterocycles. The van der Waals surface area contributed by atoms with E-state index in [1.165, 1.54) is 0 Å². The molecule has 0 radical (unpaired) electrons. The van der Waals surface area contributed by atoms with Gasteiger partial charge in [-0.05, 0) is 42.3 Å². The van der Waals surface area contributed by atoms with Gasteiger partial charge in [0.15, 0.2) is 0 Å². The predicted molar refractivity (Wildman–Crippen MR) is 108 cm³/mol. The van der Waals surface area contributed by atoms with E-state index in [1.807, 2.05) is 85.8 Å². The SMILES string of the molecule is Cc1cc(NC(=O)c2ccc(-c3ccccc3)cc2)n(-c2ccccc2)n1. The highest BCUT2D eigenvalue weighted by molar-refractivity contribution is 6.04. The third-order valence-electron chi connectivity index (χ3n) is 4.33. The van der Waals surface area contributed by atoms with Crippen LogP contribution >= 0.6 is 0 Å². The van der Waals surface area contributed by atoms with Crippen molar-refractivity contribution in [1.82, 2.24) is 9.78 Å². The molecule has 4 nitrogen and oxygen atoms in total. The first-order valence-electron chi connectivity index (χ1n) is 8.80. The average molecular weight is 353 g/mol. The number of rotatable bonds is 4. The summed E-state index contributed by atoms with van der Waals surface area (Å²) in [6.07, 6.45) is 0. The number of para-hydroxylation sites is 1. The van der Waals surface area contributed by atoms with Gasteiger partial charge < -0.3 is 5.32 Å². The normalized spacial score (nSPS) is 10.6. The van der Waals surface area contributed by atoms with E-state index in [0.717, 1.165) is 22.5 Å². The third kappa shape index (κ3) is 3.65. The number of nitrogens with one attached hydrogen (secondary N) is 1. The van der Waals surface area contributed by atoms with E-state index in [9.17, 15) is 4.79 Å². The quantitative estimate of drug-likeness (QED) is 0.555. The van der Waals surface area contributed by atoms with Crippen molar-refractivity contribution in [1.29, 1.82) is 0 Å². The molecular formula is C23H19N3O. The van der Waals surface area contributed by atoms with Gasteiger partial charge in [0.25, 0.3) is 5.91 Å². The van der Waals surface area contributed by atoms with Crippen molar-refractivity contribution in [2.75, 3.05) is 5.32 Å². The molecule has 0 aliphatic heterocycles. The van der Waals surface area contributed by atoms with Gasteiger partial charge in [-0.3, -0.25) is 4.79 Å². The number of carbonyl (C=O) groups excluding carboxylic acids is 1. The number of amides is 1. The summed E-state index contributed by atoms with van der Waals surface area (Å²) in [5.41, 5.74) is 4.56. The summed E-state index contributed by atoms with van der Waals surface area (Å²) >= 11 is 0. The number of hydrogen-bond acceptors (Lipinski definition) is 2. The summed E-state index contributed by atoms with van der Waals surface area (Å²) in [6.45, 7) is 1.91. The average Bonchev–Trinajstić information content (AvgIpc) is 3.09. The second kappa shape index (κ2) is 7.30. The molecule has 132 valence electrons. The first kappa shape index (κ1) is 16.8. The zero-order chi connectivity index (χ0) is 18.6. The molecule has 3 aromatic carbocycles. The summed E-state index contributed by atoms with van der Waals surface area (Å²) in [4.78, 5) is 12.7. The van der Waals surface area contributed by atoms with E-state index in [0.29, 0.717) is 11.4 Å². The van der Waals surface area contributed by atoms with Crippen molar-refractivity contribution in [3.8, 4) is 16.8 Å². The molecule has 0 unspecified atom stereocenters. The van der Waals surface area contributed by atoms with Crippen molar-refractivity contribution in [2.24, 2.45) is 0 Å². The highest BCUT2D eigenvalue weighted by Crippen LogP contribution is 2.21. The Labute approximate surface area is 158 Å². The van der Waals surface area contributed by atoms with Gasteiger partial charge in [-0.15, -0.1) is 0 Å². The summed E-state index contributed by atoms with van der Waals surface area (Å²) in [6, 6.07) is 29.3. The molecule has 1 N–H and O–H groups in total. The first-order valence-corrected chi connectivity index (χ1v) is 8.80. The van der Waals surface area contributed by atoms with Crippen LogP contribution in [-0.2, 0) is 0 Å². The number of benzene rings is 3. The Morgan fingerprint density at radius 3 is 2.07 bits per heavy atom. The van der Waals surface area contributed by atoms with Crippen LogP contribution in [0.25, 0.3) is 16.8 Å². The lowest BCUT2D eigenvalue weighted by molar-refractivity contribution is 0.102. The fourth-order valence-corrected chi connectivity index (χ4v) is 2.99. The molecule has 4 aromatic rings. The Morgan fingerprint density at radius 1 is 0.815 bits per heavy atom. The van der Waals surface area contributed by atoms with Crippen molar-refractivity contribution in [3.05, 3.63) is 102 Å². The van der Waals surface area contributed by atoms with E-state index >= 15 is 0 Å². The van der Waals surface area contributed by atoms with Crippen LogP contribution in [0.3, 0.4) is 0 Å². The topological polar surface area (TPSA) is 46.9 Å². The van der Waals surface area contributed by atoms with Gasteiger partial charge >= 0.3 is 0 Å². The Hall–Kier alpha value is -3.66. The standard InChI is InChI=1S/C23H19N3O/c1-17-16-22(26(25-17)21-10-6-3-7-11-21)24-23(27)20-14-12-19(13-15-20)18-8-4-2-5-9-18/h2-16H,1H3,(H,24,27). The molecule has 1 amide bonds. The number of anilines is 1. The zero-order valence-electron chi connectivity index (χ0n) is 15.0. The molecule has 0 aliphatic rings. The Morgan fingerprint density at radius 2 is 1.41 bits per heavy atom. The van der Waals surface area contributed by atoms with Crippen LogP contribution in [0.5, 0.6) is 0 Å². The third-order valence-corrected chi connectivity index (χ3v) is 4.33. The van der Waals surface area contributed by atoms with Crippen LogP contribution in [0.15, 0.2) is 91.0 Å². The van der Waals surface area contributed by atoms with Gasteiger partial charge in [0.1, 0.15) is 5.82 Å². The van der Waals surface area contributed by atoms with Crippen LogP contribution < -0.4 is 5.32 Å². The molecular weight excluding hydrogens is 334 g/mol. The molecule has 0 saturated heterocycles. The second-order valence-electron chi connectivity index (χ2n) is 6.32. The van der Waals surface area contributed by atoms with Crippen molar-refractivity contribution >= 4 is 11.7 Å². The van der Waals surface area contributed by atoms with Crippen LogP contribution in [0.4, 0.5) is 5.82 Å². The van der Waals surface area contributed by atoms with Crippen molar-refractivity contribution in [2.45, 2.75) is 6.92 Å². The molecule has 27 heavy (non-hydrogen) atoms. The van der Waals surface area contributed by atoms with Crippen LogP contribution in [0, 0.1) is 6.92 Å². The van der Waals surface area contributed by atoms with Crippen molar-refractivity contribution in [3.63, 3.8) is 0 Å². The van der Waals surface area contributed by atoms with E-state index in [-0.39, 0.29) is 5.91 Å². The van der Waals surface area contributed by atoms with E-state index in [4.69, 9.17) is 0 Å². The summed E-state index contributed by atoms with van der Waals surface area (Å²) in [5, 5.41) is 7.45. The maximum Gasteiger partial charge on any atom is 0.256 e. The molecule has 0 bridgehead atoms. The van der Waals surface area contributed by atoms with Gasteiger partial charge in [0, 0.05) is 11.6 Å². The fourth-order valence-electron chi connectivity index (χ4n) is 2.99. The van der Waals surface area contributed by atoms with E-state index in [2.05, 4.69) is 22.5 Å². The number of aromatic nitrogens is 2. The molecule has 0 atom stereocenters. The maximum atomic E-state index is 12.7. The summed E-state index contributed by atoms with van der Waals surface area (Å²) < 4.78 is 1.74. The predicted octanol–water partition coefficient (Wildman–Crippen LogP) is 5.10. The zero-order valence-corrected chi connectivity index (χ0v) is 15.0. The van der Waals surface area contributed by atoms with Gasteiger partial charge in [-0.1, -0.05) is 60.7 Å². The molecule has 0 aliphatic carbocycles. The molecule has 1 heterocycles. The minimum absolute atomic E-state index is 0.160. The summed E-state index contributed by atoms with van der Waals surface area (Å²) in [7, 11) is 0. The number of hydrogen-bond donors (Lipinski definition) is 1. The second-order valence-corrected chi connectivity index (χ2v) is 6.32. The number of carbonyl (C=O) groups is 1. The highest BCUT2D eigenvalue weighted by atomic mass is 16.1. The van der Waals surface area contributed by atoms with Gasteiger partial charge in [0.2, 0.25) is 0 Å². The van der Waals surface area contributed by atoms with Crippen LogP contribution in [0.1, 0.15) is 16.1 Å². The Kier molecular flexibility index (Phi) is 4.54. The minimum atomic E-state index is -0.160. The number of nitrogens with zero attached hydrogens (tertiary/aromatic N) is 2. The monoisotopic (exact) mass is 353 g/mol. The van der Waals surface area contributed by atoms with Gasteiger partial charge in [0.05, 0.1) is 11.4 Å². The molecule has 0 spiro atoms. The maximum absolute atomic E-state index is 12.7. The first-order chi connectivity index (χ1) is 13.2. The Balaban J connectivity index is 1.57. The molecule has 0 fully saturated rings. The lowest BCUT2D eigenvalue weighted by Crippen LogP contribution is -2.15.